The molecule has 0 bridgehead atoms. The number of barbiturate groups is 1. The Kier molecular flexibility index (Phi) is 5.59. The van der Waals surface area contributed by atoms with E-state index in [0.717, 1.165) is 42.0 Å². The number of nitrogens with one attached hydrogen (secondary N) is 1. The van der Waals surface area contributed by atoms with Crippen LogP contribution >= 0.6 is 11.6 Å². The van der Waals surface area contributed by atoms with Gasteiger partial charge in [0.25, 0.3) is 11.8 Å². The normalized spacial score (nSPS) is 17.5. The van der Waals surface area contributed by atoms with Gasteiger partial charge < -0.3 is 4.90 Å². The summed E-state index contributed by atoms with van der Waals surface area (Å²) in [5.41, 5.74) is 4.26. The van der Waals surface area contributed by atoms with Gasteiger partial charge in [0.2, 0.25) is 0 Å². The summed E-state index contributed by atoms with van der Waals surface area (Å²) >= 11 is 5.81. The van der Waals surface area contributed by atoms with Gasteiger partial charge in [0.05, 0.1) is 5.69 Å². The van der Waals surface area contributed by atoms with Gasteiger partial charge in [-0.15, -0.1) is 11.6 Å². The van der Waals surface area contributed by atoms with Crippen LogP contribution in [-0.2, 0) is 16.0 Å². The third-order valence-electron chi connectivity index (χ3n) is 5.43. The summed E-state index contributed by atoms with van der Waals surface area (Å²) in [7, 11) is 0. The van der Waals surface area contributed by atoms with Crippen LogP contribution in [0.3, 0.4) is 0 Å². The Bertz CT molecular complexity index is 1060. The largest absolute Gasteiger partial charge is 0.371 e. The van der Waals surface area contributed by atoms with Crippen LogP contribution < -0.4 is 15.1 Å². The fraction of sp³-hybridized carbons (Fsp3) is 0.261. The van der Waals surface area contributed by atoms with Gasteiger partial charge in [-0.1, -0.05) is 24.3 Å². The molecule has 0 saturated carbocycles. The number of carbonyl (C=O) groups is 3. The van der Waals surface area contributed by atoms with Crippen LogP contribution in [0, 0.1) is 6.92 Å². The number of anilines is 2. The lowest BCUT2D eigenvalue weighted by Crippen LogP contribution is -2.54. The number of para-hydroxylation sites is 1. The fourth-order valence-corrected chi connectivity index (χ4v) is 4.04. The molecule has 2 aromatic carbocycles. The fourth-order valence-electron chi connectivity index (χ4n) is 3.92. The lowest BCUT2D eigenvalue weighted by Gasteiger charge is -2.27. The molecule has 2 aliphatic rings. The minimum absolute atomic E-state index is 0.0604. The maximum absolute atomic E-state index is 13.1. The highest BCUT2D eigenvalue weighted by Crippen LogP contribution is 2.30. The molecule has 1 fully saturated rings. The third-order valence-corrected chi connectivity index (χ3v) is 5.69. The highest BCUT2D eigenvalue weighted by Gasteiger charge is 2.37. The molecule has 2 aromatic rings. The lowest BCUT2D eigenvalue weighted by atomic mass is 10.0. The summed E-state index contributed by atoms with van der Waals surface area (Å²) in [6, 6.07) is 12.2. The van der Waals surface area contributed by atoms with Crippen molar-refractivity contribution in [3.05, 3.63) is 64.7 Å². The van der Waals surface area contributed by atoms with E-state index in [0.29, 0.717) is 11.6 Å². The van der Waals surface area contributed by atoms with E-state index < -0.39 is 17.8 Å². The Balaban J connectivity index is 1.65. The van der Waals surface area contributed by atoms with E-state index >= 15 is 0 Å². The van der Waals surface area contributed by atoms with E-state index in [-0.39, 0.29) is 5.57 Å². The standard InChI is InChI=1S/C23H22ClN3O3/c1-15-5-2-3-6-19(15)27-22(29)18(21(28)25-23(27)30)14-16-7-8-20-17(13-16)9-12-26(20)11-4-10-24/h2-3,5-8,13-14H,4,9-12H2,1H3,(H,25,28,30). The molecule has 0 aromatic heterocycles. The van der Waals surface area contributed by atoms with E-state index in [2.05, 4.69) is 10.2 Å². The molecule has 4 rings (SSSR count). The Labute approximate surface area is 180 Å². The zero-order valence-electron chi connectivity index (χ0n) is 16.7. The monoisotopic (exact) mass is 423 g/mol. The summed E-state index contributed by atoms with van der Waals surface area (Å²) in [5, 5.41) is 2.28. The SMILES string of the molecule is Cc1ccccc1N1C(=O)NC(=O)C(=Cc2ccc3c(c2)CCN3CCCCl)C1=O. The predicted molar refractivity (Wildman–Crippen MR) is 118 cm³/mol. The molecule has 1 saturated heterocycles. The third kappa shape index (κ3) is 3.71. The van der Waals surface area contributed by atoms with Crippen molar-refractivity contribution in [3.8, 4) is 0 Å². The summed E-state index contributed by atoms with van der Waals surface area (Å²) in [6.07, 6.45) is 3.38. The van der Waals surface area contributed by atoms with Crippen molar-refractivity contribution < 1.29 is 14.4 Å². The summed E-state index contributed by atoms with van der Waals surface area (Å²) in [6.45, 7) is 3.65. The van der Waals surface area contributed by atoms with Crippen molar-refractivity contribution in [1.82, 2.24) is 5.32 Å². The van der Waals surface area contributed by atoms with Crippen molar-refractivity contribution >= 4 is 46.9 Å². The topological polar surface area (TPSA) is 69.7 Å². The molecule has 154 valence electrons. The van der Waals surface area contributed by atoms with E-state index in [1.165, 1.54) is 11.3 Å². The summed E-state index contributed by atoms with van der Waals surface area (Å²) < 4.78 is 0. The van der Waals surface area contributed by atoms with E-state index in [9.17, 15) is 14.4 Å². The smallest absolute Gasteiger partial charge is 0.335 e. The molecule has 0 aliphatic carbocycles. The van der Waals surface area contributed by atoms with Crippen LogP contribution in [0.5, 0.6) is 0 Å². The van der Waals surface area contributed by atoms with Crippen molar-refractivity contribution in [3.63, 3.8) is 0 Å². The van der Waals surface area contributed by atoms with Gasteiger partial charge in [-0.3, -0.25) is 14.9 Å². The maximum Gasteiger partial charge on any atom is 0.335 e. The zero-order valence-corrected chi connectivity index (χ0v) is 17.4. The molecule has 0 radical (unpaired) electrons. The second kappa shape index (κ2) is 8.32. The molecule has 2 heterocycles. The first-order valence-electron chi connectivity index (χ1n) is 9.90. The van der Waals surface area contributed by atoms with Crippen LogP contribution in [0.15, 0.2) is 48.0 Å². The highest BCUT2D eigenvalue weighted by molar-refractivity contribution is 6.39. The van der Waals surface area contributed by atoms with E-state index in [4.69, 9.17) is 11.6 Å². The van der Waals surface area contributed by atoms with Crippen molar-refractivity contribution in [1.29, 1.82) is 0 Å². The van der Waals surface area contributed by atoms with Gasteiger partial charge in [0.15, 0.2) is 0 Å². The molecule has 0 spiro atoms. The van der Waals surface area contributed by atoms with Gasteiger partial charge in [-0.2, -0.15) is 0 Å². The highest BCUT2D eigenvalue weighted by atomic mass is 35.5. The molecule has 4 amide bonds. The van der Waals surface area contributed by atoms with Crippen LogP contribution in [-0.4, -0.2) is 36.8 Å². The second-order valence-corrected chi connectivity index (χ2v) is 7.79. The van der Waals surface area contributed by atoms with Crippen molar-refractivity contribution in [2.75, 3.05) is 28.8 Å². The quantitative estimate of drug-likeness (QED) is 0.452. The van der Waals surface area contributed by atoms with E-state index in [1.54, 1.807) is 18.2 Å². The number of rotatable bonds is 5. The Morgan fingerprint density at radius 3 is 2.67 bits per heavy atom. The number of fused-ring (bicyclic) bond motifs is 1. The van der Waals surface area contributed by atoms with Crippen molar-refractivity contribution in [2.24, 2.45) is 0 Å². The molecule has 0 atom stereocenters. The van der Waals surface area contributed by atoms with Gasteiger partial charge in [-0.25, -0.2) is 9.69 Å². The van der Waals surface area contributed by atoms with Gasteiger partial charge in [0.1, 0.15) is 5.57 Å². The minimum Gasteiger partial charge on any atom is -0.371 e. The number of hydrogen-bond donors (Lipinski definition) is 1. The average molecular weight is 424 g/mol. The molecule has 7 heteroatoms. The van der Waals surface area contributed by atoms with Gasteiger partial charge in [0, 0.05) is 24.7 Å². The number of imide groups is 2. The number of hydrogen-bond acceptors (Lipinski definition) is 4. The molecular weight excluding hydrogens is 402 g/mol. The molecular formula is C23H22ClN3O3. The number of aryl methyl sites for hydroxylation is 1. The molecule has 1 N–H and O–H groups in total. The Morgan fingerprint density at radius 2 is 1.90 bits per heavy atom. The maximum atomic E-state index is 13.1. The average Bonchev–Trinajstić information content (AvgIpc) is 3.13. The Morgan fingerprint density at radius 1 is 1.10 bits per heavy atom. The van der Waals surface area contributed by atoms with Gasteiger partial charge >= 0.3 is 6.03 Å². The number of alkyl halides is 1. The zero-order chi connectivity index (χ0) is 21.3. The van der Waals surface area contributed by atoms with Crippen molar-refractivity contribution in [2.45, 2.75) is 19.8 Å². The number of benzene rings is 2. The lowest BCUT2D eigenvalue weighted by molar-refractivity contribution is -0.122. The first-order valence-corrected chi connectivity index (χ1v) is 10.4. The number of nitrogens with zero attached hydrogens (tertiary/aromatic N) is 2. The van der Waals surface area contributed by atoms with Crippen LogP contribution in [0.4, 0.5) is 16.2 Å². The second-order valence-electron chi connectivity index (χ2n) is 7.41. The minimum atomic E-state index is -0.736. The molecule has 0 unspecified atom stereocenters. The van der Waals surface area contributed by atoms with Crippen LogP contribution in [0.25, 0.3) is 6.08 Å². The van der Waals surface area contributed by atoms with E-state index in [1.807, 2.05) is 37.3 Å². The first kappa shape index (κ1) is 20.2. The summed E-state index contributed by atoms with van der Waals surface area (Å²) in [4.78, 5) is 41.2. The number of amides is 4. The van der Waals surface area contributed by atoms with Crippen LogP contribution in [0.1, 0.15) is 23.1 Å². The Hall–Kier alpha value is -3.12. The first-order chi connectivity index (χ1) is 14.5. The predicted octanol–water partition coefficient (Wildman–Crippen LogP) is 3.65. The number of urea groups is 1. The molecule has 30 heavy (non-hydrogen) atoms. The molecule has 2 aliphatic heterocycles. The number of halogens is 1. The summed E-state index contributed by atoms with van der Waals surface area (Å²) in [5.74, 6) is -0.676. The molecule has 6 nitrogen and oxygen atoms in total. The van der Waals surface area contributed by atoms with Gasteiger partial charge in [-0.05, 0) is 60.7 Å². The number of carbonyl (C=O) groups excluding carboxylic acids is 3. The van der Waals surface area contributed by atoms with Crippen LogP contribution in [0.2, 0.25) is 0 Å².